The number of furan rings is 1. The molecule has 1 aliphatic rings. The first-order chi connectivity index (χ1) is 14.9. The van der Waals surface area contributed by atoms with Crippen LogP contribution in [0.15, 0.2) is 46.1 Å². The molecule has 0 bridgehead atoms. The summed E-state index contributed by atoms with van der Waals surface area (Å²) in [5.74, 6) is 0.00450. The number of ether oxygens (including phenoxy) is 1. The molecule has 4 aromatic rings. The third-order valence-electron chi connectivity index (χ3n) is 5.04. The molecule has 158 valence electrons. The zero-order valence-electron chi connectivity index (χ0n) is 16.9. The maximum atomic E-state index is 12.4. The Balaban J connectivity index is 1.41. The van der Waals surface area contributed by atoms with E-state index in [1.165, 1.54) is 18.1 Å². The summed E-state index contributed by atoms with van der Waals surface area (Å²) in [6.45, 7) is 4.61. The lowest BCUT2D eigenvalue weighted by Gasteiger charge is -2.30. The maximum absolute atomic E-state index is 12.4. The van der Waals surface area contributed by atoms with Crippen LogP contribution in [0, 0.1) is 0 Å². The number of hydrogen-bond donors (Lipinski definition) is 1. The summed E-state index contributed by atoms with van der Waals surface area (Å²) in [5, 5.41) is 4.81. The van der Waals surface area contributed by atoms with Gasteiger partial charge in [0.2, 0.25) is 11.6 Å². The Morgan fingerprint density at radius 2 is 2.16 bits per heavy atom. The van der Waals surface area contributed by atoms with Gasteiger partial charge < -0.3 is 14.5 Å². The number of nitrogens with one attached hydrogen (secondary N) is 1. The van der Waals surface area contributed by atoms with E-state index in [0.717, 1.165) is 16.6 Å². The monoisotopic (exact) mass is 454 g/mol. The van der Waals surface area contributed by atoms with Gasteiger partial charge in [0.05, 0.1) is 29.0 Å². The van der Waals surface area contributed by atoms with Gasteiger partial charge in [0.1, 0.15) is 16.9 Å². The third-order valence-corrected chi connectivity index (χ3v) is 6.25. The highest BCUT2D eigenvalue weighted by atomic mass is 35.5. The molecule has 0 saturated heterocycles. The summed E-state index contributed by atoms with van der Waals surface area (Å²) in [5.41, 5.74) is 4.16. The quantitative estimate of drug-likeness (QED) is 0.342. The Bertz CT molecular complexity index is 1320. The zero-order chi connectivity index (χ0) is 21.6. The molecular formula is C22H19ClN4O3S. The second-order valence-electron chi connectivity index (χ2n) is 7.98. The molecule has 3 aromatic heterocycles. The van der Waals surface area contributed by atoms with E-state index in [1.54, 1.807) is 24.3 Å². The van der Waals surface area contributed by atoms with E-state index < -0.39 is 0 Å². The average Bonchev–Trinajstić information content (AvgIpc) is 3.08. The van der Waals surface area contributed by atoms with Crippen molar-refractivity contribution in [1.29, 1.82) is 0 Å². The van der Waals surface area contributed by atoms with Crippen LogP contribution in [0.5, 0.6) is 0 Å². The van der Waals surface area contributed by atoms with Crippen LogP contribution in [0.4, 0.5) is 5.69 Å². The number of hydrogen-bond acceptors (Lipinski definition) is 7. The Kier molecular flexibility index (Phi) is 5.08. The molecule has 0 saturated carbocycles. The zero-order valence-corrected chi connectivity index (χ0v) is 18.5. The molecule has 0 atom stereocenters. The average molecular weight is 455 g/mol. The Morgan fingerprint density at radius 1 is 1.29 bits per heavy atom. The number of anilines is 1. The van der Waals surface area contributed by atoms with Crippen molar-refractivity contribution in [3.63, 3.8) is 0 Å². The molecule has 5 rings (SSSR count). The smallest absolute Gasteiger partial charge is 0.234 e. The second-order valence-corrected chi connectivity index (χ2v) is 9.38. The number of amides is 1. The highest BCUT2D eigenvalue weighted by Crippen LogP contribution is 2.35. The predicted octanol–water partition coefficient (Wildman–Crippen LogP) is 5.01. The number of carbonyl (C=O) groups is 1. The lowest BCUT2D eigenvalue weighted by atomic mass is 9.95. The summed E-state index contributed by atoms with van der Waals surface area (Å²) >= 11 is 7.25. The molecule has 0 spiro atoms. The molecule has 0 radical (unpaired) electrons. The lowest BCUT2D eigenvalue weighted by molar-refractivity contribution is -0.113. The van der Waals surface area contributed by atoms with Crippen LogP contribution in [0.25, 0.3) is 22.2 Å². The van der Waals surface area contributed by atoms with Crippen molar-refractivity contribution < 1.29 is 13.9 Å². The van der Waals surface area contributed by atoms with E-state index in [1.807, 2.05) is 6.07 Å². The Morgan fingerprint density at radius 3 is 3.00 bits per heavy atom. The number of thioether (sulfide) groups is 1. The number of nitrogens with zero attached hydrogens (tertiary/aromatic N) is 3. The first kappa shape index (κ1) is 20.2. The number of halogens is 1. The Hall–Kier alpha value is -2.68. The topological polar surface area (TPSA) is 90.1 Å². The minimum absolute atomic E-state index is 0.164. The summed E-state index contributed by atoms with van der Waals surface area (Å²) in [4.78, 5) is 25.8. The molecule has 1 aliphatic heterocycles. The molecule has 4 heterocycles. The molecule has 1 aromatic carbocycles. The van der Waals surface area contributed by atoms with Gasteiger partial charge in [-0.1, -0.05) is 29.4 Å². The summed E-state index contributed by atoms with van der Waals surface area (Å²) in [6, 6.07) is 9.06. The van der Waals surface area contributed by atoms with E-state index in [4.69, 9.17) is 25.7 Å². The van der Waals surface area contributed by atoms with E-state index in [9.17, 15) is 4.79 Å². The van der Waals surface area contributed by atoms with Crippen LogP contribution in [0.2, 0.25) is 5.02 Å². The predicted molar refractivity (Wildman–Crippen MR) is 120 cm³/mol. The fourth-order valence-electron chi connectivity index (χ4n) is 3.56. The second kappa shape index (κ2) is 7.78. The minimum Gasteiger partial charge on any atom is -0.433 e. The number of fused-ring (bicyclic) bond motifs is 4. The van der Waals surface area contributed by atoms with E-state index in [-0.39, 0.29) is 17.3 Å². The van der Waals surface area contributed by atoms with Crippen molar-refractivity contribution in [2.24, 2.45) is 0 Å². The first-order valence-corrected chi connectivity index (χ1v) is 11.1. The van der Waals surface area contributed by atoms with Crippen LogP contribution in [0.1, 0.15) is 25.1 Å². The minimum atomic E-state index is -0.253. The SMILES string of the molecule is CC1(C)Cc2nc3oc4c(SCC(=O)Nc5cccc(Cl)c5)ncnc4c3cc2CO1. The van der Waals surface area contributed by atoms with Crippen LogP contribution < -0.4 is 5.32 Å². The van der Waals surface area contributed by atoms with E-state index in [2.05, 4.69) is 29.1 Å². The number of carbonyl (C=O) groups excluding carboxylic acids is 1. The normalized spacial score (nSPS) is 15.2. The van der Waals surface area contributed by atoms with Gasteiger partial charge in [-0.05, 0) is 38.1 Å². The van der Waals surface area contributed by atoms with Gasteiger partial charge in [-0.15, -0.1) is 0 Å². The molecule has 0 aliphatic carbocycles. The third kappa shape index (κ3) is 4.11. The first-order valence-electron chi connectivity index (χ1n) is 9.76. The van der Waals surface area contributed by atoms with Gasteiger partial charge in [-0.25, -0.2) is 15.0 Å². The molecule has 9 heteroatoms. The largest absolute Gasteiger partial charge is 0.433 e. The maximum Gasteiger partial charge on any atom is 0.234 e. The molecular weight excluding hydrogens is 436 g/mol. The number of aromatic nitrogens is 3. The van der Waals surface area contributed by atoms with Crippen molar-refractivity contribution in [3.8, 4) is 0 Å². The molecule has 31 heavy (non-hydrogen) atoms. The van der Waals surface area contributed by atoms with Crippen LogP contribution in [0.3, 0.4) is 0 Å². The molecule has 0 fully saturated rings. The van der Waals surface area contributed by atoms with Crippen molar-refractivity contribution in [3.05, 3.63) is 52.9 Å². The number of pyridine rings is 1. The van der Waals surface area contributed by atoms with Crippen LogP contribution >= 0.6 is 23.4 Å². The molecule has 1 amide bonds. The van der Waals surface area contributed by atoms with Crippen LogP contribution in [-0.4, -0.2) is 32.2 Å². The Labute approximate surface area is 187 Å². The van der Waals surface area contributed by atoms with Gasteiger partial charge in [0.15, 0.2) is 5.58 Å². The summed E-state index contributed by atoms with van der Waals surface area (Å²) in [7, 11) is 0. The molecule has 1 N–H and O–H groups in total. The van der Waals surface area contributed by atoms with Crippen molar-refractivity contribution >= 4 is 57.2 Å². The van der Waals surface area contributed by atoms with Gasteiger partial charge >= 0.3 is 0 Å². The van der Waals surface area contributed by atoms with Gasteiger partial charge in [-0.2, -0.15) is 0 Å². The molecule has 7 nitrogen and oxygen atoms in total. The lowest BCUT2D eigenvalue weighted by Crippen LogP contribution is -2.32. The highest BCUT2D eigenvalue weighted by molar-refractivity contribution is 8.00. The van der Waals surface area contributed by atoms with Gasteiger partial charge in [0.25, 0.3) is 0 Å². The van der Waals surface area contributed by atoms with Crippen molar-refractivity contribution in [2.75, 3.05) is 11.1 Å². The van der Waals surface area contributed by atoms with Crippen molar-refractivity contribution in [2.45, 2.75) is 37.5 Å². The standard InChI is InChI=1S/C22H19ClN4O3S/c1-22(2)8-16-12(9-29-22)6-15-18-19(30-20(15)27-16)21(25-11-24-18)31-10-17(28)26-14-5-3-4-13(23)7-14/h3-7,11H,8-10H2,1-2H3,(H,26,28). The van der Waals surface area contributed by atoms with Crippen LogP contribution in [-0.2, 0) is 22.6 Å². The number of rotatable bonds is 4. The van der Waals surface area contributed by atoms with Gasteiger partial charge in [-0.3, -0.25) is 4.79 Å². The number of benzene rings is 1. The van der Waals surface area contributed by atoms with Gasteiger partial charge in [0, 0.05) is 22.7 Å². The van der Waals surface area contributed by atoms with E-state index >= 15 is 0 Å². The van der Waals surface area contributed by atoms with E-state index in [0.29, 0.717) is 45.6 Å². The fourth-order valence-corrected chi connectivity index (χ4v) is 4.49. The fraction of sp³-hybridized carbons (Fsp3) is 0.273. The summed E-state index contributed by atoms with van der Waals surface area (Å²) < 4.78 is 12.0. The summed E-state index contributed by atoms with van der Waals surface area (Å²) in [6.07, 6.45) is 2.19. The highest BCUT2D eigenvalue weighted by Gasteiger charge is 2.28. The molecule has 0 unspecified atom stereocenters. The van der Waals surface area contributed by atoms with Crippen molar-refractivity contribution in [1.82, 2.24) is 15.0 Å².